The zero-order chi connectivity index (χ0) is 12.0. The fourth-order valence-electron chi connectivity index (χ4n) is 1.26. The molecule has 0 aliphatic rings. The summed E-state index contributed by atoms with van der Waals surface area (Å²) in [5, 5.41) is 11.2. The van der Waals surface area contributed by atoms with Gasteiger partial charge in [0.15, 0.2) is 0 Å². The number of amides is 1. The Morgan fingerprint density at radius 2 is 1.94 bits per heavy atom. The minimum absolute atomic E-state index is 0.214. The fraction of sp³-hybridized carbons (Fsp3) is 0.273. The van der Waals surface area contributed by atoms with Gasteiger partial charge in [-0.25, -0.2) is 4.79 Å². The van der Waals surface area contributed by atoms with Crippen LogP contribution in [-0.2, 0) is 4.79 Å². The van der Waals surface area contributed by atoms with Crippen molar-refractivity contribution < 1.29 is 14.7 Å². The molecule has 1 unspecified atom stereocenters. The van der Waals surface area contributed by atoms with Gasteiger partial charge in [0.25, 0.3) is 5.91 Å². The number of rotatable bonds is 5. The maximum Gasteiger partial charge on any atom is 0.326 e. The van der Waals surface area contributed by atoms with Gasteiger partial charge in [0.1, 0.15) is 6.04 Å². The first-order chi connectivity index (χ1) is 7.65. The van der Waals surface area contributed by atoms with Crippen LogP contribution in [-0.4, -0.2) is 29.6 Å². The van der Waals surface area contributed by atoms with E-state index in [-0.39, 0.29) is 13.0 Å². The minimum atomic E-state index is -1.07. The predicted molar refractivity (Wildman–Crippen MR) is 59.0 cm³/mol. The van der Waals surface area contributed by atoms with E-state index in [0.717, 1.165) is 0 Å². The molecule has 0 spiro atoms. The second kappa shape index (κ2) is 5.87. The lowest BCUT2D eigenvalue weighted by molar-refractivity contribution is -0.139. The second-order valence-electron chi connectivity index (χ2n) is 3.31. The largest absolute Gasteiger partial charge is 0.480 e. The Labute approximate surface area is 93.3 Å². The molecule has 5 nitrogen and oxygen atoms in total. The van der Waals surface area contributed by atoms with Crippen molar-refractivity contribution >= 4 is 11.9 Å². The van der Waals surface area contributed by atoms with Crippen LogP contribution in [0.3, 0.4) is 0 Å². The van der Waals surface area contributed by atoms with Gasteiger partial charge < -0.3 is 16.2 Å². The van der Waals surface area contributed by atoms with Crippen LogP contribution in [0.25, 0.3) is 0 Å². The number of benzene rings is 1. The van der Waals surface area contributed by atoms with Crippen molar-refractivity contribution in [3.05, 3.63) is 35.9 Å². The maximum atomic E-state index is 11.6. The number of carboxylic acids is 1. The smallest absolute Gasteiger partial charge is 0.326 e. The average Bonchev–Trinajstić information content (AvgIpc) is 2.29. The Morgan fingerprint density at radius 3 is 2.44 bits per heavy atom. The Balaban J connectivity index is 2.65. The summed E-state index contributed by atoms with van der Waals surface area (Å²) in [5.41, 5.74) is 5.70. The van der Waals surface area contributed by atoms with Crippen molar-refractivity contribution in [1.29, 1.82) is 0 Å². The van der Waals surface area contributed by atoms with Gasteiger partial charge in [-0.3, -0.25) is 4.79 Å². The summed E-state index contributed by atoms with van der Waals surface area (Å²) in [4.78, 5) is 22.4. The third kappa shape index (κ3) is 3.36. The van der Waals surface area contributed by atoms with E-state index in [0.29, 0.717) is 5.56 Å². The van der Waals surface area contributed by atoms with Gasteiger partial charge in [-0.15, -0.1) is 0 Å². The molecule has 0 saturated heterocycles. The van der Waals surface area contributed by atoms with Crippen LogP contribution in [0.2, 0.25) is 0 Å². The molecule has 1 rings (SSSR count). The first kappa shape index (κ1) is 12.2. The van der Waals surface area contributed by atoms with E-state index in [2.05, 4.69) is 5.32 Å². The molecule has 5 heteroatoms. The molecule has 0 aliphatic carbocycles. The van der Waals surface area contributed by atoms with Crippen molar-refractivity contribution in [2.24, 2.45) is 5.73 Å². The molecule has 16 heavy (non-hydrogen) atoms. The van der Waals surface area contributed by atoms with Gasteiger partial charge in [-0.05, 0) is 25.1 Å². The second-order valence-corrected chi connectivity index (χ2v) is 3.31. The Kier molecular flexibility index (Phi) is 4.47. The monoisotopic (exact) mass is 222 g/mol. The zero-order valence-electron chi connectivity index (χ0n) is 8.72. The maximum absolute atomic E-state index is 11.6. The normalized spacial score (nSPS) is 11.8. The molecule has 1 atom stereocenters. The topological polar surface area (TPSA) is 92.4 Å². The van der Waals surface area contributed by atoms with Crippen LogP contribution >= 0.6 is 0 Å². The van der Waals surface area contributed by atoms with Crippen LogP contribution in [0.4, 0.5) is 0 Å². The van der Waals surface area contributed by atoms with E-state index in [1.54, 1.807) is 30.3 Å². The van der Waals surface area contributed by atoms with Crippen molar-refractivity contribution in [3.8, 4) is 0 Å². The predicted octanol–water partition coefficient (Wildman–Crippen LogP) is 0.218. The molecule has 0 aromatic heterocycles. The van der Waals surface area contributed by atoms with Gasteiger partial charge in [0.05, 0.1) is 0 Å². The lowest BCUT2D eigenvalue weighted by Gasteiger charge is -2.13. The summed E-state index contributed by atoms with van der Waals surface area (Å²) in [7, 11) is 0. The van der Waals surface area contributed by atoms with E-state index in [1.165, 1.54) is 0 Å². The molecule has 0 aliphatic heterocycles. The Morgan fingerprint density at radius 1 is 1.31 bits per heavy atom. The summed E-state index contributed by atoms with van der Waals surface area (Å²) in [5.74, 6) is -1.48. The third-order valence-electron chi connectivity index (χ3n) is 2.09. The van der Waals surface area contributed by atoms with Crippen molar-refractivity contribution in [1.82, 2.24) is 5.32 Å². The SMILES string of the molecule is NCCC(NC(=O)c1ccccc1)C(=O)O. The summed E-state index contributed by atoms with van der Waals surface area (Å²) in [6.45, 7) is 0.214. The van der Waals surface area contributed by atoms with Crippen LogP contribution < -0.4 is 11.1 Å². The van der Waals surface area contributed by atoms with Crippen molar-refractivity contribution in [2.75, 3.05) is 6.54 Å². The highest BCUT2D eigenvalue weighted by molar-refractivity contribution is 5.96. The molecule has 86 valence electrons. The quantitative estimate of drug-likeness (QED) is 0.664. The number of carbonyl (C=O) groups is 2. The van der Waals surface area contributed by atoms with E-state index >= 15 is 0 Å². The van der Waals surface area contributed by atoms with Gasteiger partial charge in [0, 0.05) is 5.56 Å². The number of hydrogen-bond donors (Lipinski definition) is 3. The van der Waals surface area contributed by atoms with Crippen LogP contribution in [0.1, 0.15) is 16.8 Å². The molecule has 0 fully saturated rings. The first-order valence-electron chi connectivity index (χ1n) is 4.94. The average molecular weight is 222 g/mol. The number of hydrogen-bond acceptors (Lipinski definition) is 3. The summed E-state index contributed by atoms with van der Waals surface area (Å²) in [6.07, 6.45) is 0.216. The lowest BCUT2D eigenvalue weighted by Crippen LogP contribution is -2.42. The highest BCUT2D eigenvalue weighted by Gasteiger charge is 2.19. The molecule has 0 bridgehead atoms. The fourth-order valence-corrected chi connectivity index (χ4v) is 1.26. The van der Waals surface area contributed by atoms with Gasteiger partial charge in [-0.2, -0.15) is 0 Å². The highest BCUT2D eigenvalue weighted by atomic mass is 16.4. The molecule has 1 amide bonds. The van der Waals surface area contributed by atoms with Gasteiger partial charge in [-0.1, -0.05) is 18.2 Å². The minimum Gasteiger partial charge on any atom is -0.480 e. The molecule has 4 N–H and O–H groups in total. The third-order valence-corrected chi connectivity index (χ3v) is 2.09. The Hall–Kier alpha value is -1.88. The van der Waals surface area contributed by atoms with Crippen molar-refractivity contribution in [2.45, 2.75) is 12.5 Å². The molecular formula is C11H14N2O3. The molecule has 0 radical (unpaired) electrons. The summed E-state index contributed by atoms with van der Waals surface area (Å²) < 4.78 is 0. The molecule has 0 heterocycles. The molecule has 0 saturated carbocycles. The standard InChI is InChI=1S/C11H14N2O3/c12-7-6-9(11(15)16)13-10(14)8-4-2-1-3-5-8/h1-5,9H,6-7,12H2,(H,13,14)(H,15,16). The lowest BCUT2D eigenvalue weighted by atomic mass is 10.1. The number of aliphatic carboxylic acids is 1. The van der Waals surface area contributed by atoms with Crippen LogP contribution in [0.15, 0.2) is 30.3 Å². The van der Waals surface area contributed by atoms with Crippen LogP contribution in [0, 0.1) is 0 Å². The van der Waals surface area contributed by atoms with E-state index in [4.69, 9.17) is 10.8 Å². The highest BCUT2D eigenvalue weighted by Crippen LogP contribution is 2.00. The number of carbonyl (C=O) groups excluding carboxylic acids is 1. The van der Waals surface area contributed by atoms with E-state index in [9.17, 15) is 9.59 Å². The van der Waals surface area contributed by atoms with Crippen molar-refractivity contribution in [3.63, 3.8) is 0 Å². The van der Waals surface area contributed by atoms with Gasteiger partial charge >= 0.3 is 5.97 Å². The summed E-state index contributed by atoms with van der Waals surface area (Å²) in [6, 6.07) is 7.53. The summed E-state index contributed by atoms with van der Waals surface area (Å²) >= 11 is 0. The number of nitrogens with one attached hydrogen (secondary N) is 1. The Bertz CT molecular complexity index is 365. The zero-order valence-corrected chi connectivity index (χ0v) is 8.72. The van der Waals surface area contributed by atoms with Gasteiger partial charge in [0.2, 0.25) is 0 Å². The number of carboxylic acid groups (broad SMARTS) is 1. The molecule has 1 aromatic carbocycles. The van der Waals surface area contributed by atoms with Crippen LogP contribution in [0.5, 0.6) is 0 Å². The molecular weight excluding hydrogens is 208 g/mol. The van der Waals surface area contributed by atoms with E-state index < -0.39 is 17.9 Å². The first-order valence-corrected chi connectivity index (χ1v) is 4.94. The molecule has 1 aromatic rings. The van der Waals surface area contributed by atoms with E-state index in [1.807, 2.05) is 0 Å². The number of nitrogens with two attached hydrogens (primary N) is 1.